The van der Waals surface area contributed by atoms with Crippen molar-refractivity contribution in [3.8, 4) is 33.4 Å². The summed E-state index contributed by atoms with van der Waals surface area (Å²) in [5.41, 5.74) is 14.4. The van der Waals surface area contributed by atoms with Gasteiger partial charge in [0.15, 0.2) is 0 Å². The van der Waals surface area contributed by atoms with Crippen LogP contribution in [0.2, 0.25) is 0 Å². The Morgan fingerprint density at radius 2 is 0.826 bits per heavy atom. The van der Waals surface area contributed by atoms with E-state index in [1.165, 1.54) is 93.5 Å². The maximum atomic E-state index is 2.49. The summed E-state index contributed by atoms with van der Waals surface area (Å²) in [7, 11) is 0. The molecule has 0 aliphatic carbocycles. The molecule has 0 saturated carbocycles. The van der Waals surface area contributed by atoms with Crippen LogP contribution in [0.3, 0.4) is 0 Å². The number of fused-ring (bicyclic) bond motifs is 3. The van der Waals surface area contributed by atoms with Crippen molar-refractivity contribution in [2.75, 3.05) is 0 Å². The minimum Gasteiger partial charge on any atom is -0.0620 e. The molecule has 8 aromatic rings. The molecule has 0 fully saturated rings. The van der Waals surface area contributed by atoms with Gasteiger partial charge in [-0.25, -0.2) is 0 Å². The largest absolute Gasteiger partial charge is 0.0620 e. The van der Waals surface area contributed by atoms with Crippen molar-refractivity contribution >= 4 is 32.3 Å². The van der Waals surface area contributed by atoms with E-state index in [1.54, 1.807) is 0 Å². The first-order valence-electron chi connectivity index (χ1n) is 16.2. The lowest BCUT2D eigenvalue weighted by molar-refractivity contribution is 1.23. The van der Waals surface area contributed by atoms with Crippen LogP contribution in [0, 0.1) is 20.8 Å². The summed E-state index contributed by atoms with van der Waals surface area (Å²) >= 11 is 0. The van der Waals surface area contributed by atoms with E-state index in [2.05, 4.69) is 172 Å². The van der Waals surface area contributed by atoms with Crippen molar-refractivity contribution in [3.05, 3.63) is 179 Å². The molecule has 0 saturated heterocycles. The molecule has 0 amide bonds. The summed E-state index contributed by atoms with van der Waals surface area (Å²) in [6.45, 7) is 6.74. The van der Waals surface area contributed by atoms with Crippen molar-refractivity contribution in [2.24, 2.45) is 0 Å². The fraction of sp³-hybridized carbons (Fsp3) is 0.0870. The Morgan fingerprint density at radius 3 is 1.50 bits per heavy atom. The predicted molar refractivity (Wildman–Crippen MR) is 199 cm³/mol. The third kappa shape index (κ3) is 4.70. The quantitative estimate of drug-likeness (QED) is 0.188. The summed E-state index contributed by atoms with van der Waals surface area (Å²) in [4.78, 5) is 0. The van der Waals surface area contributed by atoms with Gasteiger partial charge in [0.2, 0.25) is 0 Å². The summed E-state index contributed by atoms with van der Waals surface area (Å²) in [5.74, 6) is 0. The molecule has 0 nitrogen and oxygen atoms in total. The van der Waals surface area contributed by atoms with Crippen LogP contribution in [-0.2, 0) is 6.42 Å². The Morgan fingerprint density at radius 1 is 0.348 bits per heavy atom. The van der Waals surface area contributed by atoms with E-state index < -0.39 is 0 Å². The van der Waals surface area contributed by atoms with Crippen molar-refractivity contribution in [1.29, 1.82) is 0 Å². The molecule has 0 aliphatic rings. The first kappa shape index (κ1) is 28.0. The highest BCUT2D eigenvalue weighted by atomic mass is 14.2. The Kier molecular flexibility index (Phi) is 7.00. The van der Waals surface area contributed by atoms with E-state index in [0.29, 0.717) is 0 Å². The second kappa shape index (κ2) is 11.5. The second-order valence-corrected chi connectivity index (χ2v) is 12.6. The zero-order chi connectivity index (χ0) is 31.2. The van der Waals surface area contributed by atoms with Gasteiger partial charge < -0.3 is 0 Å². The molecule has 46 heavy (non-hydrogen) atoms. The Hall–Kier alpha value is -5.46. The molecule has 0 aromatic heterocycles. The van der Waals surface area contributed by atoms with Crippen LogP contribution < -0.4 is 0 Å². The molecule has 8 rings (SSSR count). The standard InChI is InChI=1S/C46H36/c1-30-15-4-7-20-35(30)42-28-45(39-24-11-10-22-37(39)32(42)3)46-29-44(36-21-8-5-16-31(36)2)43(40-25-12-13-26-41(40)46)27-34-19-14-18-33-17-6-9-23-38(33)34/h4-26,28-29H,27H2,1-3H3. The van der Waals surface area contributed by atoms with E-state index in [1.807, 2.05) is 0 Å². The van der Waals surface area contributed by atoms with Gasteiger partial charge in [0, 0.05) is 0 Å². The van der Waals surface area contributed by atoms with Gasteiger partial charge in [0.25, 0.3) is 0 Å². The SMILES string of the molecule is Cc1ccccc1-c1cc(-c2cc(-c3ccccc3C)c(Cc3cccc4ccccc34)c3ccccc23)c2ccccc2c1C. The van der Waals surface area contributed by atoms with Gasteiger partial charge in [-0.05, 0) is 133 Å². The lowest BCUT2D eigenvalue weighted by atomic mass is 9.82. The number of aryl methyl sites for hydroxylation is 3. The molecule has 0 heterocycles. The van der Waals surface area contributed by atoms with Crippen molar-refractivity contribution in [1.82, 2.24) is 0 Å². The van der Waals surface area contributed by atoms with E-state index in [4.69, 9.17) is 0 Å². The molecule has 0 aliphatic heterocycles. The second-order valence-electron chi connectivity index (χ2n) is 12.6. The van der Waals surface area contributed by atoms with Crippen LogP contribution in [-0.4, -0.2) is 0 Å². The van der Waals surface area contributed by atoms with E-state index in [9.17, 15) is 0 Å². The van der Waals surface area contributed by atoms with Gasteiger partial charge in [0.05, 0.1) is 0 Å². The van der Waals surface area contributed by atoms with E-state index in [0.717, 1.165) is 6.42 Å². The lowest BCUT2D eigenvalue weighted by Crippen LogP contribution is -1.99. The van der Waals surface area contributed by atoms with E-state index in [-0.39, 0.29) is 0 Å². The van der Waals surface area contributed by atoms with Gasteiger partial charge >= 0.3 is 0 Å². The predicted octanol–water partition coefficient (Wildman–Crippen LogP) is 12.7. The van der Waals surface area contributed by atoms with Gasteiger partial charge in [0.1, 0.15) is 0 Å². The average Bonchev–Trinajstić information content (AvgIpc) is 3.10. The zero-order valence-corrected chi connectivity index (χ0v) is 26.6. The molecule has 8 aromatic carbocycles. The minimum atomic E-state index is 0.856. The molecule has 0 atom stereocenters. The molecule has 220 valence electrons. The smallest absolute Gasteiger partial charge is 0.000728 e. The molecule has 0 spiro atoms. The third-order valence-electron chi connectivity index (χ3n) is 9.88. The van der Waals surface area contributed by atoms with Crippen LogP contribution in [0.5, 0.6) is 0 Å². The Bertz CT molecular complexity index is 2420. The highest BCUT2D eigenvalue weighted by molar-refractivity contribution is 6.11. The number of hydrogen-bond donors (Lipinski definition) is 0. The molecule has 0 radical (unpaired) electrons. The minimum absolute atomic E-state index is 0.856. The molecule has 0 heteroatoms. The fourth-order valence-corrected chi connectivity index (χ4v) is 7.50. The zero-order valence-electron chi connectivity index (χ0n) is 26.6. The van der Waals surface area contributed by atoms with Crippen LogP contribution in [0.15, 0.2) is 152 Å². The normalized spacial score (nSPS) is 11.5. The van der Waals surface area contributed by atoms with Crippen LogP contribution in [0.4, 0.5) is 0 Å². The molecule has 0 unspecified atom stereocenters. The number of rotatable bonds is 5. The average molecular weight is 589 g/mol. The lowest BCUT2D eigenvalue weighted by Gasteiger charge is -2.22. The van der Waals surface area contributed by atoms with Crippen LogP contribution in [0.25, 0.3) is 65.7 Å². The van der Waals surface area contributed by atoms with Crippen LogP contribution >= 0.6 is 0 Å². The number of hydrogen-bond acceptors (Lipinski definition) is 0. The van der Waals surface area contributed by atoms with Crippen LogP contribution in [0.1, 0.15) is 27.8 Å². The first-order chi connectivity index (χ1) is 22.6. The summed E-state index contributed by atoms with van der Waals surface area (Å²) in [5, 5.41) is 7.81. The molecule has 0 N–H and O–H groups in total. The van der Waals surface area contributed by atoms with Gasteiger partial charge in [-0.3, -0.25) is 0 Å². The Balaban J connectivity index is 1.47. The maximum Gasteiger partial charge on any atom is -0.000728 e. The highest BCUT2D eigenvalue weighted by Crippen LogP contribution is 2.45. The molecular weight excluding hydrogens is 553 g/mol. The highest BCUT2D eigenvalue weighted by Gasteiger charge is 2.20. The summed E-state index contributed by atoms with van der Waals surface area (Å²) in [6, 6.07) is 56.0. The number of benzene rings is 8. The Labute approximate surface area is 271 Å². The molecular formula is C46H36. The van der Waals surface area contributed by atoms with Crippen molar-refractivity contribution < 1.29 is 0 Å². The molecule has 0 bridgehead atoms. The van der Waals surface area contributed by atoms with Crippen molar-refractivity contribution in [3.63, 3.8) is 0 Å². The fourth-order valence-electron chi connectivity index (χ4n) is 7.50. The summed E-state index contributed by atoms with van der Waals surface area (Å²) < 4.78 is 0. The third-order valence-corrected chi connectivity index (χ3v) is 9.88. The topological polar surface area (TPSA) is 0 Å². The monoisotopic (exact) mass is 588 g/mol. The van der Waals surface area contributed by atoms with Crippen molar-refractivity contribution in [2.45, 2.75) is 27.2 Å². The maximum absolute atomic E-state index is 2.49. The van der Waals surface area contributed by atoms with Gasteiger partial charge in [-0.1, -0.05) is 140 Å². The summed E-state index contributed by atoms with van der Waals surface area (Å²) in [6.07, 6.45) is 0.856. The first-order valence-corrected chi connectivity index (χ1v) is 16.2. The van der Waals surface area contributed by atoms with Gasteiger partial charge in [-0.2, -0.15) is 0 Å². The van der Waals surface area contributed by atoms with E-state index >= 15 is 0 Å². The van der Waals surface area contributed by atoms with Gasteiger partial charge in [-0.15, -0.1) is 0 Å².